The highest BCUT2D eigenvalue weighted by atomic mass is 16.1. The molecule has 1 nitrogen and oxygen atoms in total. The van der Waals surface area contributed by atoms with Crippen molar-refractivity contribution in [1.29, 1.82) is 0 Å². The van der Waals surface area contributed by atoms with Gasteiger partial charge in [-0.3, -0.25) is 4.79 Å². The number of Topliss-reactive ketones (excluding diaryl/α,β-unsaturated/α-hetero) is 1. The summed E-state index contributed by atoms with van der Waals surface area (Å²) >= 11 is 0. The molecule has 0 aromatic carbocycles. The van der Waals surface area contributed by atoms with Crippen molar-refractivity contribution in [2.45, 2.75) is 34.6 Å². The van der Waals surface area contributed by atoms with E-state index in [9.17, 15) is 4.79 Å². The summed E-state index contributed by atoms with van der Waals surface area (Å²) in [4.78, 5) is 11.6. The van der Waals surface area contributed by atoms with Gasteiger partial charge < -0.3 is 0 Å². The number of rotatable bonds is 2. The zero-order chi connectivity index (χ0) is 9.73. The minimum atomic E-state index is 0.156. The summed E-state index contributed by atoms with van der Waals surface area (Å²) in [6.07, 6.45) is 0. The van der Waals surface area contributed by atoms with E-state index >= 15 is 0 Å². The van der Waals surface area contributed by atoms with Crippen molar-refractivity contribution in [1.82, 2.24) is 0 Å². The summed E-state index contributed by atoms with van der Waals surface area (Å²) in [6.45, 7) is 14.1. The highest BCUT2D eigenvalue weighted by Crippen LogP contribution is 2.69. The number of carbonyl (C=O) groups excluding carboxylic acids is 1. The SMILES string of the molecule is C=C(C)C(=O)C1C(C)(C)C1(C)C. The maximum atomic E-state index is 11.6. The summed E-state index contributed by atoms with van der Waals surface area (Å²) in [5.74, 6) is 0.424. The molecule has 0 amide bonds. The second kappa shape index (κ2) is 2.21. The van der Waals surface area contributed by atoms with E-state index in [-0.39, 0.29) is 22.5 Å². The van der Waals surface area contributed by atoms with Gasteiger partial charge in [-0.1, -0.05) is 34.3 Å². The molecule has 12 heavy (non-hydrogen) atoms. The molecule has 0 aliphatic heterocycles. The Labute approximate surface area is 74.9 Å². The molecule has 0 heterocycles. The van der Waals surface area contributed by atoms with Crippen LogP contribution in [-0.4, -0.2) is 5.78 Å². The van der Waals surface area contributed by atoms with E-state index in [0.29, 0.717) is 5.57 Å². The minimum Gasteiger partial charge on any atom is -0.294 e. The molecule has 0 radical (unpaired) electrons. The van der Waals surface area contributed by atoms with Crippen molar-refractivity contribution in [3.63, 3.8) is 0 Å². The van der Waals surface area contributed by atoms with Crippen LogP contribution in [-0.2, 0) is 4.79 Å². The maximum absolute atomic E-state index is 11.6. The van der Waals surface area contributed by atoms with Gasteiger partial charge in [0.15, 0.2) is 5.78 Å². The van der Waals surface area contributed by atoms with Crippen LogP contribution in [0.2, 0.25) is 0 Å². The van der Waals surface area contributed by atoms with Crippen molar-refractivity contribution < 1.29 is 4.79 Å². The molecule has 0 atom stereocenters. The number of carbonyl (C=O) groups is 1. The van der Waals surface area contributed by atoms with E-state index in [2.05, 4.69) is 34.3 Å². The van der Waals surface area contributed by atoms with Gasteiger partial charge in [0.1, 0.15) is 0 Å². The first kappa shape index (κ1) is 9.50. The third-order valence-electron chi connectivity index (χ3n) is 3.70. The molecule has 1 saturated carbocycles. The van der Waals surface area contributed by atoms with Crippen molar-refractivity contribution in [2.75, 3.05) is 0 Å². The van der Waals surface area contributed by atoms with Crippen molar-refractivity contribution in [2.24, 2.45) is 16.7 Å². The second-order valence-electron chi connectivity index (χ2n) is 5.02. The Hall–Kier alpha value is -0.590. The standard InChI is InChI=1S/C11H18O/c1-7(2)8(12)9-10(3,4)11(9,5)6/h9H,1H2,2-6H3. The summed E-state index contributed by atoms with van der Waals surface area (Å²) < 4.78 is 0. The molecule has 0 bridgehead atoms. The lowest BCUT2D eigenvalue weighted by Crippen LogP contribution is -2.06. The number of allylic oxidation sites excluding steroid dienone is 1. The predicted molar refractivity (Wildman–Crippen MR) is 50.9 cm³/mol. The molecule has 0 N–H and O–H groups in total. The van der Waals surface area contributed by atoms with Crippen molar-refractivity contribution >= 4 is 5.78 Å². The highest BCUT2D eigenvalue weighted by Gasteiger charge is 2.67. The van der Waals surface area contributed by atoms with Crippen LogP contribution < -0.4 is 0 Å². The van der Waals surface area contributed by atoms with Gasteiger partial charge in [0, 0.05) is 5.92 Å². The zero-order valence-corrected chi connectivity index (χ0v) is 8.69. The van der Waals surface area contributed by atoms with Crippen LogP contribution in [0.5, 0.6) is 0 Å². The van der Waals surface area contributed by atoms with Gasteiger partial charge in [-0.15, -0.1) is 0 Å². The van der Waals surface area contributed by atoms with E-state index in [1.165, 1.54) is 0 Å². The van der Waals surface area contributed by atoms with E-state index < -0.39 is 0 Å². The Morgan fingerprint density at radius 1 is 1.17 bits per heavy atom. The Balaban J connectivity index is 2.85. The lowest BCUT2D eigenvalue weighted by atomic mass is 10.0. The lowest BCUT2D eigenvalue weighted by molar-refractivity contribution is -0.117. The molecule has 1 heteroatoms. The first-order valence-corrected chi connectivity index (χ1v) is 4.42. The fourth-order valence-corrected chi connectivity index (χ4v) is 2.10. The smallest absolute Gasteiger partial charge is 0.162 e. The number of hydrogen-bond acceptors (Lipinski definition) is 1. The van der Waals surface area contributed by atoms with Gasteiger partial charge >= 0.3 is 0 Å². The first-order chi connectivity index (χ1) is 5.23. The second-order valence-corrected chi connectivity index (χ2v) is 5.02. The van der Waals surface area contributed by atoms with Crippen LogP contribution in [0.4, 0.5) is 0 Å². The van der Waals surface area contributed by atoms with Crippen LogP contribution in [0, 0.1) is 16.7 Å². The zero-order valence-electron chi connectivity index (χ0n) is 8.69. The first-order valence-electron chi connectivity index (χ1n) is 4.42. The summed E-state index contributed by atoms with van der Waals surface area (Å²) in [7, 11) is 0. The highest BCUT2D eigenvalue weighted by molar-refractivity contribution is 5.99. The topological polar surface area (TPSA) is 17.1 Å². The summed E-state index contributed by atoms with van der Waals surface area (Å²) in [5, 5.41) is 0. The predicted octanol–water partition coefficient (Wildman–Crippen LogP) is 2.81. The van der Waals surface area contributed by atoms with E-state index in [1.54, 1.807) is 6.92 Å². The molecule has 0 unspecified atom stereocenters. The van der Waals surface area contributed by atoms with Gasteiger partial charge in [-0.25, -0.2) is 0 Å². The molecule has 0 aromatic rings. The summed E-state index contributed by atoms with van der Waals surface area (Å²) in [6, 6.07) is 0. The van der Waals surface area contributed by atoms with Gasteiger partial charge in [-0.05, 0) is 23.3 Å². The van der Waals surface area contributed by atoms with Gasteiger partial charge in [0.25, 0.3) is 0 Å². The molecule has 0 spiro atoms. The molecule has 68 valence electrons. The number of hydrogen-bond donors (Lipinski definition) is 0. The minimum absolute atomic E-state index is 0.156. The van der Waals surface area contributed by atoms with E-state index in [1.807, 2.05) is 0 Å². The molecule has 1 aliphatic rings. The average Bonchev–Trinajstić information content (AvgIpc) is 2.23. The molecular formula is C11H18O. The maximum Gasteiger partial charge on any atom is 0.162 e. The van der Waals surface area contributed by atoms with E-state index in [0.717, 1.165) is 0 Å². The van der Waals surface area contributed by atoms with E-state index in [4.69, 9.17) is 0 Å². The fraction of sp³-hybridized carbons (Fsp3) is 0.727. The molecule has 0 saturated heterocycles. The number of ketones is 1. The van der Waals surface area contributed by atoms with Crippen LogP contribution in [0.25, 0.3) is 0 Å². The van der Waals surface area contributed by atoms with Crippen LogP contribution >= 0.6 is 0 Å². The summed E-state index contributed by atoms with van der Waals surface area (Å²) in [5.41, 5.74) is 1.00. The van der Waals surface area contributed by atoms with Crippen LogP contribution in [0.3, 0.4) is 0 Å². The fourth-order valence-electron chi connectivity index (χ4n) is 2.10. The van der Waals surface area contributed by atoms with Gasteiger partial charge in [-0.2, -0.15) is 0 Å². The Bertz CT molecular complexity index is 232. The largest absolute Gasteiger partial charge is 0.294 e. The molecule has 1 aliphatic carbocycles. The Morgan fingerprint density at radius 3 is 1.58 bits per heavy atom. The molecular weight excluding hydrogens is 148 g/mol. The van der Waals surface area contributed by atoms with Crippen molar-refractivity contribution in [3.05, 3.63) is 12.2 Å². The third kappa shape index (κ3) is 0.954. The molecule has 1 rings (SSSR count). The van der Waals surface area contributed by atoms with Gasteiger partial charge in [0.2, 0.25) is 0 Å². The van der Waals surface area contributed by atoms with Crippen LogP contribution in [0.1, 0.15) is 34.6 Å². The monoisotopic (exact) mass is 166 g/mol. The quantitative estimate of drug-likeness (QED) is 0.576. The van der Waals surface area contributed by atoms with Crippen molar-refractivity contribution in [3.8, 4) is 0 Å². The normalized spacial score (nSPS) is 25.1. The van der Waals surface area contributed by atoms with Gasteiger partial charge in [0.05, 0.1) is 0 Å². The Morgan fingerprint density at radius 2 is 1.50 bits per heavy atom. The lowest BCUT2D eigenvalue weighted by Gasteiger charge is -2.03. The average molecular weight is 166 g/mol. The third-order valence-corrected chi connectivity index (χ3v) is 3.70. The van der Waals surface area contributed by atoms with Crippen LogP contribution in [0.15, 0.2) is 12.2 Å². The molecule has 1 fully saturated rings. The Kier molecular flexibility index (Phi) is 1.75. The molecule has 0 aromatic heterocycles.